The van der Waals surface area contributed by atoms with Gasteiger partial charge in [-0.15, -0.1) is 10.2 Å². The third-order valence-corrected chi connectivity index (χ3v) is 12.8. The number of aryl methyl sites for hydroxylation is 1. The van der Waals surface area contributed by atoms with Gasteiger partial charge in [-0.25, -0.2) is 4.85 Å². The van der Waals surface area contributed by atoms with E-state index in [2.05, 4.69) is 49.7 Å². The summed E-state index contributed by atoms with van der Waals surface area (Å²) in [6, 6.07) is 0. The first kappa shape index (κ1) is 26.7. The summed E-state index contributed by atoms with van der Waals surface area (Å²) in [5, 5.41) is 8.79. The molecule has 6 rings (SSSR count). The molecule has 0 radical (unpaired) electrons. The molecule has 0 aromatic carbocycles. The van der Waals surface area contributed by atoms with Crippen LogP contribution < -0.4 is 0 Å². The molecular formula is C33H43N3O3. The van der Waals surface area contributed by atoms with Gasteiger partial charge in [-0.05, 0) is 79.1 Å². The second-order valence-corrected chi connectivity index (χ2v) is 15.5. The van der Waals surface area contributed by atoms with E-state index in [4.69, 9.17) is 11.0 Å². The van der Waals surface area contributed by atoms with E-state index in [-0.39, 0.29) is 56.7 Å². The Bertz CT molecular complexity index is 1390. The Morgan fingerprint density at radius 2 is 1.67 bits per heavy atom. The summed E-state index contributed by atoms with van der Waals surface area (Å²) in [6.45, 7) is 25.2. The van der Waals surface area contributed by atoms with Gasteiger partial charge < -0.3 is 9.21 Å². The van der Waals surface area contributed by atoms with Crippen LogP contribution in [0.2, 0.25) is 0 Å². The maximum absolute atomic E-state index is 14.6. The van der Waals surface area contributed by atoms with Crippen LogP contribution >= 0.6 is 0 Å². The maximum Gasteiger partial charge on any atom is 0.226 e. The number of fused-ring (bicyclic) bond motifs is 7. The molecular weight excluding hydrogens is 486 g/mol. The summed E-state index contributed by atoms with van der Waals surface area (Å²) in [6.07, 6.45) is 10.6. The van der Waals surface area contributed by atoms with Gasteiger partial charge in [-0.3, -0.25) is 4.79 Å². The van der Waals surface area contributed by atoms with Gasteiger partial charge in [0.05, 0.1) is 12.0 Å². The summed E-state index contributed by atoms with van der Waals surface area (Å²) in [4.78, 5) is 31.5. The molecule has 6 heteroatoms. The molecule has 7 atom stereocenters. The van der Waals surface area contributed by atoms with E-state index in [0.717, 1.165) is 56.4 Å². The number of allylic oxidation sites excluding steroid dienone is 4. The topological polar surface area (TPSA) is 77.4 Å². The smallest absolute Gasteiger partial charge is 0.226 e. The monoisotopic (exact) mass is 529 g/mol. The fraction of sp³-hybridized carbons (Fsp3) is 0.727. The second-order valence-electron chi connectivity index (χ2n) is 15.5. The number of carbonyl (C=O) groups excluding carboxylic acids is 2. The first-order valence-corrected chi connectivity index (χ1v) is 14.8. The average molecular weight is 530 g/mol. The molecule has 0 saturated heterocycles. The van der Waals surface area contributed by atoms with Gasteiger partial charge in [0.25, 0.3) is 0 Å². The van der Waals surface area contributed by atoms with Crippen molar-refractivity contribution in [1.29, 1.82) is 0 Å². The molecule has 5 aliphatic rings. The minimum Gasteiger partial charge on any atom is -0.425 e. The molecule has 39 heavy (non-hydrogen) atoms. The van der Waals surface area contributed by atoms with E-state index >= 15 is 0 Å². The van der Waals surface area contributed by atoms with Crippen molar-refractivity contribution in [2.75, 3.05) is 0 Å². The molecule has 0 bridgehead atoms. The van der Waals surface area contributed by atoms with Crippen LogP contribution in [-0.4, -0.2) is 21.8 Å². The van der Waals surface area contributed by atoms with Crippen molar-refractivity contribution in [2.24, 2.45) is 44.8 Å². The summed E-state index contributed by atoms with van der Waals surface area (Å²) in [5.41, 5.74) is -0.353. The highest BCUT2D eigenvalue weighted by atomic mass is 16.4. The Labute approximate surface area is 232 Å². The van der Waals surface area contributed by atoms with Crippen molar-refractivity contribution in [2.45, 2.75) is 106 Å². The van der Waals surface area contributed by atoms with Crippen molar-refractivity contribution in [1.82, 2.24) is 10.2 Å². The van der Waals surface area contributed by atoms with Crippen LogP contribution in [0.15, 0.2) is 27.8 Å². The summed E-state index contributed by atoms with van der Waals surface area (Å²) >= 11 is 0. The van der Waals surface area contributed by atoms with E-state index in [0.29, 0.717) is 5.89 Å². The van der Waals surface area contributed by atoms with Gasteiger partial charge in [0.15, 0.2) is 11.6 Å². The van der Waals surface area contributed by atoms with Crippen LogP contribution in [0.1, 0.15) is 105 Å². The van der Waals surface area contributed by atoms with Crippen LogP contribution in [-0.2, 0) is 15.0 Å². The Morgan fingerprint density at radius 3 is 2.31 bits per heavy atom. The molecule has 1 aromatic rings. The Balaban J connectivity index is 1.54. The molecule has 1 aromatic heterocycles. The molecule has 3 saturated carbocycles. The molecule has 0 spiro atoms. The molecule has 1 heterocycles. The van der Waals surface area contributed by atoms with E-state index in [1.807, 2.05) is 32.9 Å². The molecule has 0 N–H and O–H groups in total. The zero-order chi connectivity index (χ0) is 28.4. The van der Waals surface area contributed by atoms with E-state index in [9.17, 15) is 9.59 Å². The van der Waals surface area contributed by atoms with Gasteiger partial charge in [-0.2, -0.15) is 0 Å². The van der Waals surface area contributed by atoms with Crippen LogP contribution in [0.3, 0.4) is 0 Å². The Kier molecular flexibility index (Phi) is 5.33. The van der Waals surface area contributed by atoms with Crippen LogP contribution in [0.5, 0.6) is 0 Å². The lowest BCUT2D eigenvalue weighted by atomic mass is 9.34. The lowest BCUT2D eigenvalue weighted by Crippen LogP contribution is -2.65. The van der Waals surface area contributed by atoms with E-state index in [1.54, 1.807) is 0 Å². The molecule has 5 aliphatic carbocycles. The second kappa shape index (κ2) is 7.80. The molecule has 6 nitrogen and oxygen atoms in total. The van der Waals surface area contributed by atoms with Crippen molar-refractivity contribution >= 4 is 11.6 Å². The first-order chi connectivity index (χ1) is 18.1. The van der Waals surface area contributed by atoms with Crippen molar-refractivity contribution in [3.8, 4) is 0 Å². The highest BCUT2D eigenvalue weighted by Gasteiger charge is 2.70. The van der Waals surface area contributed by atoms with Crippen LogP contribution in [0.25, 0.3) is 4.85 Å². The SMILES string of the molecule is [C-]#[N+]C1=C[C@]2(C)C3=CC(=O)[C@@H]4[C@@H]5CC(C)(C)CC[C@]5(c5nnc(C)o5)CC[C@@]4(C)[C@]3(C)CC[C@H]2C(C)(C)C1=O. The predicted molar refractivity (Wildman–Crippen MR) is 148 cm³/mol. The number of Topliss-reactive ketones (excluding diaryl/α,β-unsaturated/α-hetero) is 1. The van der Waals surface area contributed by atoms with Crippen molar-refractivity contribution in [3.63, 3.8) is 0 Å². The fourth-order valence-electron chi connectivity index (χ4n) is 10.5. The standard InChI is InChI=1S/C33H43N3O3/c1-19-35-36-27(39-19)33-14-12-28(2,3)17-20(33)25-22(37)16-24-30(6)18-21(34-9)26(38)29(4,5)23(30)10-11-31(24,7)32(25,8)13-15-33/h16,18,20,23,25H,10-15,17H2,1-8H3/t20-,23-,25-,30-,31+,32+,33-/m0/s1. The highest BCUT2D eigenvalue weighted by molar-refractivity contribution is 6.03. The van der Waals surface area contributed by atoms with E-state index in [1.165, 1.54) is 0 Å². The fourth-order valence-corrected chi connectivity index (χ4v) is 10.5. The number of aromatic nitrogens is 2. The average Bonchev–Trinajstić information content (AvgIpc) is 3.29. The number of hydrogen-bond donors (Lipinski definition) is 0. The molecule has 0 amide bonds. The molecule has 3 fully saturated rings. The van der Waals surface area contributed by atoms with Crippen LogP contribution in [0, 0.1) is 58.3 Å². The molecule has 208 valence electrons. The van der Waals surface area contributed by atoms with Gasteiger partial charge >= 0.3 is 0 Å². The zero-order valence-electron chi connectivity index (χ0n) is 24.9. The number of nitrogens with zero attached hydrogens (tertiary/aromatic N) is 3. The van der Waals surface area contributed by atoms with Crippen molar-refractivity contribution in [3.05, 3.63) is 46.6 Å². The largest absolute Gasteiger partial charge is 0.425 e. The minimum atomic E-state index is -0.642. The normalized spacial score (nSPS) is 44.1. The lowest BCUT2D eigenvalue weighted by molar-refractivity contribution is -0.161. The van der Waals surface area contributed by atoms with Gasteiger partial charge in [0.1, 0.15) is 0 Å². The third kappa shape index (κ3) is 3.19. The number of carbonyl (C=O) groups is 2. The quantitative estimate of drug-likeness (QED) is 0.360. The van der Waals surface area contributed by atoms with Gasteiger partial charge in [0, 0.05) is 23.7 Å². The summed E-state index contributed by atoms with van der Waals surface area (Å²) in [5.74, 6) is 1.53. The highest BCUT2D eigenvalue weighted by Crippen LogP contribution is 2.74. The van der Waals surface area contributed by atoms with Crippen LogP contribution in [0.4, 0.5) is 0 Å². The first-order valence-electron chi connectivity index (χ1n) is 14.8. The third-order valence-electron chi connectivity index (χ3n) is 12.8. The summed E-state index contributed by atoms with van der Waals surface area (Å²) < 4.78 is 6.16. The minimum absolute atomic E-state index is 0.0582. The van der Waals surface area contributed by atoms with Gasteiger partial charge in [-0.1, -0.05) is 60.1 Å². The van der Waals surface area contributed by atoms with E-state index < -0.39 is 10.8 Å². The number of rotatable bonds is 1. The Hall–Kier alpha value is -2.55. The molecule has 0 unspecified atom stereocenters. The predicted octanol–water partition coefficient (Wildman–Crippen LogP) is 7.20. The Morgan fingerprint density at radius 1 is 0.974 bits per heavy atom. The van der Waals surface area contributed by atoms with Gasteiger partial charge in [0.2, 0.25) is 17.5 Å². The lowest BCUT2D eigenvalue weighted by Gasteiger charge is -2.69. The number of hydrogen-bond acceptors (Lipinski definition) is 5. The number of ketones is 2. The molecule has 0 aliphatic heterocycles. The summed E-state index contributed by atoms with van der Waals surface area (Å²) in [7, 11) is 0. The maximum atomic E-state index is 14.6. The van der Waals surface area contributed by atoms with Crippen molar-refractivity contribution < 1.29 is 14.0 Å². The zero-order valence-corrected chi connectivity index (χ0v) is 24.9.